The maximum atomic E-state index is 11.5. The van der Waals surface area contributed by atoms with Crippen LogP contribution in [0.5, 0.6) is 5.75 Å². The first kappa shape index (κ1) is 45.0. The van der Waals surface area contributed by atoms with Gasteiger partial charge < -0.3 is 19.3 Å². The quantitative estimate of drug-likeness (QED) is 0.137. The summed E-state index contributed by atoms with van der Waals surface area (Å²) in [7, 11) is 0. The van der Waals surface area contributed by atoms with Crippen molar-refractivity contribution in [2.24, 2.45) is 5.41 Å². The molecule has 0 radical (unpaired) electrons. The molecule has 2 aromatic carbocycles. The van der Waals surface area contributed by atoms with Crippen LogP contribution in [-0.4, -0.2) is 47.7 Å². The van der Waals surface area contributed by atoms with Crippen LogP contribution in [0.3, 0.4) is 0 Å². The molecule has 0 amide bonds. The van der Waals surface area contributed by atoms with Crippen molar-refractivity contribution in [2.75, 3.05) is 18.6 Å². The molecule has 0 aromatic heterocycles. The van der Waals surface area contributed by atoms with Gasteiger partial charge in [-0.05, 0) is 115 Å². The van der Waals surface area contributed by atoms with Gasteiger partial charge in [0.15, 0.2) is 6.29 Å². The SMILES string of the molecule is CCC(C)(C)C(=O)OC(C)(C)C.CCC(C)c1ccc(O)cc1.CCC(C)c1ccccc1.CSCCOC(C)OC1CCCCC1. The van der Waals surface area contributed by atoms with E-state index in [9.17, 15) is 4.79 Å². The third-order valence-electron chi connectivity index (χ3n) is 8.47. The third-order valence-corrected chi connectivity index (χ3v) is 9.04. The van der Waals surface area contributed by atoms with E-state index in [4.69, 9.17) is 19.3 Å². The zero-order valence-electron chi connectivity index (χ0n) is 32.1. The Morgan fingerprint density at radius 1 is 0.830 bits per heavy atom. The molecular formula is C41H70O5S. The molecule has 0 saturated heterocycles. The van der Waals surface area contributed by atoms with Crippen LogP contribution in [0.4, 0.5) is 0 Å². The average molecular weight is 675 g/mol. The van der Waals surface area contributed by atoms with Gasteiger partial charge in [0, 0.05) is 5.75 Å². The number of rotatable bonds is 12. The second kappa shape index (κ2) is 25.0. The van der Waals surface area contributed by atoms with E-state index in [1.54, 1.807) is 12.1 Å². The van der Waals surface area contributed by atoms with Crippen molar-refractivity contribution in [1.29, 1.82) is 0 Å². The van der Waals surface area contributed by atoms with Gasteiger partial charge in [0.05, 0.1) is 18.1 Å². The number of esters is 1. The highest BCUT2D eigenvalue weighted by atomic mass is 32.2. The maximum absolute atomic E-state index is 11.5. The number of ether oxygens (including phenoxy) is 3. The Hall–Kier alpha value is -2.02. The van der Waals surface area contributed by atoms with E-state index in [0.717, 1.165) is 25.2 Å². The lowest BCUT2D eigenvalue weighted by Crippen LogP contribution is -2.33. The summed E-state index contributed by atoms with van der Waals surface area (Å²) in [5.41, 5.74) is 2.02. The van der Waals surface area contributed by atoms with Crippen LogP contribution in [0.15, 0.2) is 54.6 Å². The average Bonchev–Trinajstić information content (AvgIpc) is 3.05. The van der Waals surface area contributed by atoms with Gasteiger partial charge in [0.2, 0.25) is 0 Å². The second-order valence-corrected chi connectivity index (χ2v) is 15.2. The maximum Gasteiger partial charge on any atom is 0.312 e. The zero-order chi connectivity index (χ0) is 35.9. The summed E-state index contributed by atoms with van der Waals surface area (Å²) in [5.74, 6) is 2.59. The van der Waals surface area contributed by atoms with Crippen LogP contribution in [0.1, 0.15) is 150 Å². The summed E-state index contributed by atoms with van der Waals surface area (Å²) in [6, 6.07) is 18.1. The Balaban J connectivity index is 0.000000605. The van der Waals surface area contributed by atoms with Gasteiger partial charge in [-0.25, -0.2) is 0 Å². The van der Waals surface area contributed by atoms with E-state index in [0.29, 0.717) is 23.7 Å². The number of carbonyl (C=O) groups excluding carboxylic acids is 1. The molecule has 270 valence electrons. The largest absolute Gasteiger partial charge is 0.508 e. The van der Waals surface area contributed by atoms with E-state index in [1.807, 2.05) is 72.4 Å². The number of aromatic hydroxyl groups is 1. The Labute approximate surface area is 294 Å². The van der Waals surface area contributed by atoms with Gasteiger partial charge >= 0.3 is 5.97 Å². The number of phenolic OH excluding ortho intramolecular Hbond substituents is 1. The highest BCUT2D eigenvalue weighted by molar-refractivity contribution is 7.98. The number of hydrogen-bond donors (Lipinski definition) is 1. The minimum atomic E-state index is -0.372. The molecule has 1 aliphatic carbocycles. The Bertz CT molecular complexity index is 1030. The molecule has 3 unspecified atom stereocenters. The number of benzene rings is 2. The summed E-state index contributed by atoms with van der Waals surface area (Å²) < 4.78 is 16.6. The summed E-state index contributed by atoms with van der Waals surface area (Å²) in [6.07, 6.45) is 12.2. The lowest BCUT2D eigenvalue weighted by Gasteiger charge is -2.27. The first-order valence-electron chi connectivity index (χ1n) is 17.9. The first-order valence-corrected chi connectivity index (χ1v) is 19.3. The Morgan fingerprint density at radius 2 is 1.34 bits per heavy atom. The van der Waals surface area contributed by atoms with Gasteiger partial charge in [0.25, 0.3) is 0 Å². The van der Waals surface area contributed by atoms with Crippen LogP contribution < -0.4 is 0 Å². The van der Waals surface area contributed by atoms with E-state index in [-0.39, 0.29) is 23.3 Å². The first-order chi connectivity index (χ1) is 22.1. The molecule has 0 aliphatic heterocycles. The minimum Gasteiger partial charge on any atom is -0.508 e. The van der Waals surface area contributed by atoms with Crippen LogP contribution in [0.25, 0.3) is 0 Å². The standard InChI is InChI=1S/C11H22O2S.C10H20O2.C10H14O.C10H14/c1-10(12-8-9-14-2)13-11-6-4-3-5-7-11;1-7-10(5,6)8(11)12-9(2,3)4;1-3-8(2)9-4-6-10(11)7-5-9;1-3-9(2)10-7-5-4-6-8-10/h10-11H,3-9H2,1-2H3;7H2,1-6H3;4-8,11H,3H2,1-2H3;4-9H,3H2,1-2H3. The van der Waals surface area contributed by atoms with Gasteiger partial charge in [-0.15, -0.1) is 0 Å². The van der Waals surface area contributed by atoms with Crippen LogP contribution in [0.2, 0.25) is 0 Å². The normalized spacial score (nSPS) is 15.3. The molecule has 3 atom stereocenters. The predicted octanol–water partition coefficient (Wildman–Crippen LogP) is 11.9. The molecule has 0 heterocycles. The minimum absolute atomic E-state index is 0.0229. The highest BCUT2D eigenvalue weighted by Gasteiger charge is 2.30. The lowest BCUT2D eigenvalue weighted by atomic mass is 9.90. The Morgan fingerprint density at radius 3 is 1.79 bits per heavy atom. The van der Waals surface area contributed by atoms with Crippen molar-refractivity contribution in [3.05, 3.63) is 65.7 Å². The topological polar surface area (TPSA) is 65.0 Å². The molecule has 47 heavy (non-hydrogen) atoms. The van der Waals surface area contributed by atoms with Crippen molar-refractivity contribution >= 4 is 17.7 Å². The fourth-order valence-electron chi connectivity index (χ4n) is 4.43. The van der Waals surface area contributed by atoms with Crippen LogP contribution in [0, 0.1) is 5.41 Å². The summed E-state index contributed by atoms with van der Waals surface area (Å²) in [6.45, 7) is 23.1. The third kappa shape index (κ3) is 22.3. The number of hydrogen-bond acceptors (Lipinski definition) is 6. The number of thioether (sulfide) groups is 1. The highest BCUT2D eigenvalue weighted by Crippen LogP contribution is 2.25. The van der Waals surface area contributed by atoms with E-state index < -0.39 is 0 Å². The second-order valence-electron chi connectivity index (χ2n) is 14.2. The van der Waals surface area contributed by atoms with Crippen molar-refractivity contribution in [2.45, 2.75) is 157 Å². The molecule has 1 N–H and O–H groups in total. The van der Waals surface area contributed by atoms with E-state index in [2.05, 4.69) is 64.3 Å². The molecule has 0 bridgehead atoms. The summed E-state index contributed by atoms with van der Waals surface area (Å²) >= 11 is 1.81. The number of carbonyl (C=O) groups is 1. The van der Waals surface area contributed by atoms with Crippen molar-refractivity contribution in [1.82, 2.24) is 0 Å². The fraction of sp³-hybridized carbons (Fsp3) is 0.683. The van der Waals surface area contributed by atoms with Crippen molar-refractivity contribution in [3.63, 3.8) is 0 Å². The van der Waals surface area contributed by atoms with Crippen LogP contribution in [-0.2, 0) is 19.0 Å². The van der Waals surface area contributed by atoms with Gasteiger partial charge in [0.1, 0.15) is 11.4 Å². The molecule has 1 fully saturated rings. The molecule has 6 heteroatoms. The van der Waals surface area contributed by atoms with Gasteiger partial charge in [-0.3, -0.25) is 4.79 Å². The molecular weight excluding hydrogens is 605 g/mol. The zero-order valence-corrected chi connectivity index (χ0v) is 32.9. The monoisotopic (exact) mass is 674 g/mol. The fourth-order valence-corrected chi connectivity index (χ4v) is 4.69. The molecule has 2 aromatic rings. The lowest BCUT2D eigenvalue weighted by molar-refractivity contribution is -0.165. The van der Waals surface area contributed by atoms with Crippen molar-refractivity contribution in [3.8, 4) is 5.75 Å². The molecule has 3 rings (SSSR count). The van der Waals surface area contributed by atoms with E-state index >= 15 is 0 Å². The summed E-state index contributed by atoms with van der Waals surface area (Å²) in [5, 5.41) is 9.01. The van der Waals surface area contributed by atoms with Crippen LogP contribution >= 0.6 is 11.8 Å². The van der Waals surface area contributed by atoms with E-state index in [1.165, 1.54) is 49.7 Å². The Kier molecular flexibility index (Phi) is 23.9. The molecule has 5 nitrogen and oxygen atoms in total. The predicted molar refractivity (Wildman–Crippen MR) is 204 cm³/mol. The molecule has 0 spiro atoms. The number of phenols is 1. The summed E-state index contributed by atoms with van der Waals surface area (Å²) in [4.78, 5) is 11.5. The van der Waals surface area contributed by atoms with Crippen molar-refractivity contribution < 1.29 is 24.1 Å². The molecule has 1 saturated carbocycles. The van der Waals surface area contributed by atoms with Gasteiger partial charge in [-0.1, -0.05) is 96.3 Å². The smallest absolute Gasteiger partial charge is 0.312 e. The van der Waals surface area contributed by atoms with Gasteiger partial charge in [-0.2, -0.15) is 11.8 Å². The molecule has 1 aliphatic rings.